The molecule has 1 saturated heterocycles. The zero-order chi connectivity index (χ0) is 22.9. The predicted molar refractivity (Wildman–Crippen MR) is 123 cm³/mol. The molecule has 6 nitrogen and oxygen atoms in total. The Hall–Kier alpha value is -2.58. The highest BCUT2D eigenvalue weighted by atomic mass is 16.7. The van der Waals surface area contributed by atoms with Crippen LogP contribution in [0.5, 0.6) is 0 Å². The van der Waals surface area contributed by atoms with Crippen LogP contribution in [0, 0.1) is 5.92 Å². The van der Waals surface area contributed by atoms with Gasteiger partial charge >= 0.3 is 0 Å². The van der Waals surface area contributed by atoms with Gasteiger partial charge in [0.1, 0.15) is 6.10 Å². The molecule has 4 rings (SSSR count). The molecule has 1 aliphatic heterocycles. The summed E-state index contributed by atoms with van der Waals surface area (Å²) in [6.07, 6.45) is -3.99. The minimum Gasteiger partial charge on any atom is -0.376 e. The number of rotatable bonds is 10. The van der Waals surface area contributed by atoms with Gasteiger partial charge in [0.25, 0.3) is 0 Å². The highest BCUT2D eigenvalue weighted by Gasteiger charge is 2.46. The molecule has 5 atom stereocenters. The molecule has 0 spiro atoms. The Kier molecular flexibility index (Phi) is 8.60. The Morgan fingerprint density at radius 1 is 0.576 bits per heavy atom. The van der Waals surface area contributed by atoms with Gasteiger partial charge in [-0.2, -0.15) is 0 Å². The second-order valence-corrected chi connectivity index (χ2v) is 8.10. The topological polar surface area (TPSA) is 77.4 Å². The van der Waals surface area contributed by atoms with E-state index in [0.717, 1.165) is 16.7 Å². The number of benzene rings is 3. The van der Waals surface area contributed by atoms with Crippen LogP contribution in [-0.2, 0) is 38.8 Å². The van der Waals surface area contributed by atoms with Crippen molar-refractivity contribution in [2.75, 3.05) is 6.61 Å². The van der Waals surface area contributed by atoms with E-state index in [9.17, 15) is 10.2 Å². The number of aliphatic hydroxyl groups excluding tert-OH is 2. The summed E-state index contributed by atoms with van der Waals surface area (Å²) in [7, 11) is 0. The summed E-state index contributed by atoms with van der Waals surface area (Å²) in [6, 6.07) is 29.3. The fraction of sp³-hybridized carbons (Fsp3) is 0.333. The largest absolute Gasteiger partial charge is 0.376 e. The van der Waals surface area contributed by atoms with Crippen molar-refractivity contribution < 1.29 is 29.2 Å². The molecule has 33 heavy (non-hydrogen) atoms. The van der Waals surface area contributed by atoms with Gasteiger partial charge in [-0.25, -0.2) is 0 Å². The molecule has 174 valence electrons. The molecule has 5 unspecified atom stereocenters. The summed E-state index contributed by atoms with van der Waals surface area (Å²) in [5, 5.41) is 21.2. The van der Waals surface area contributed by atoms with Gasteiger partial charge in [0.15, 0.2) is 12.6 Å². The summed E-state index contributed by atoms with van der Waals surface area (Å²) in [6.45, 7) is 1.18. The SMILES string of the molecule is OC1OC(O)C(OCc2ccccc2)C(OCc2ccccc2)C1COCc1ccccc1. The van der Waals surface area contributed by atoms with Gasteiger partial charge in [-0.05, 0) is 16.7 Å². The van der Waals surface area contributed by atoms with Crippen molar-refractivity contribution in [2.24, 2.45) is 5.92 Å². The monoisotopic (exact) mass is 450 g/mol. The molecule has 0 aliphatic carbocycles. The molecule has 2 N–H and O–H groups in total. The molecule has 0 saturated carbocycles. The van der Waals surface area contributed by atoms with E-state index in [1.807, 2.05) is 91.0 Å². The molecule has 0 radical (unpaired) electrons. The highest BCUT2D eigenvalue weighted by Crippen LogP contribution is 2.30. The van der Waals surface area contributed by atoms with Crippen LogP contribution in [0.1, 0.15) is 16.7 Å². The molecule has 0 bridgehead atoms. The smallest absolute Gasteiger partial charge is 0.186 e. The van der Waals surface area contributed by atoms with E-state index in [-0.39, 0.29) is 13.2 Å². The average Bonchev–Trinajstić information content (AvgIpc) is 2.85. The first-order valence-electron chi connectivity index (χ1n) is 11.1. The molecule has 6 heteroatoms. The van der Waals surface area contributed by atoms with E-state index >= 15 is 0 Å². The summed E-state index contributed by atoms with van der Waals surface area (Å²) in [5.74, 6) is -0.540. The fourth-order valence-electron chi connectivity index (χ4n) is 3.88. The minimum atomic E-state index is -1.32. The molecule has 1 fully saturated rings. The third kappa shape index (κ3) is 6.71. The van der Waals surface area contributed by atoms with Crippen molar-refractivity contribution in [2.45, 2.75) is 44.6 Å². The number of ether oxygens (including phenoxy) is 4. The van der Waals surface area contributed by atoms with Crippen LogP contribution < -0.4 is 0 Å². The molecule has 1 aliphatic rings. The Labute approximate surface area is 194 Å². The molecular weight excluding hydrogens is 420 g/mol. The molecule has 1 heterocycles. The van der Waals surface area contributed by atoms with Gasteiger partial charge in [0.05, 0.1) is 38.4 Å². The predicted octanol–water partition coefficient (Wildman–Crippen LogP) is 3.66. The van der Waals surface area contributed by atoms with E-state index in [1.165, 1.54) is 0 Å². The van der Waals surface area contributed by atoms with E-state index in [0.29, 0.717) is 13.2 Å². The number of hydrogen-bond donors (Lipinski definition) is 2. The minimum absolute atomic E-state index is 0.188. The summed E-state index contributed by atoms with van der Waals surface area (Å²) in [5.41, 5.74) is 2.98. The molecule has 3 aromatic rings. The van der Waals surface area contributed by atoms with Gasteiger partial charge in [0, 0.05) is 0 Å². The maximum Gasteiger partial charge on any atom is 0.186 e. The third-order valence-electron chi connectivity index (χ3n) is 5.66. The number of hydrogen-bond acceptors (Lipinski definition) is 6. The summed E-state index contributed by atoms with van der Waals surface area (Å²) < 4.78 is 23.6. The van der Waals surface area contributed by atoms with Crippen molar-refractivity contribution in [3.8, 4) is 0 Å². The normalized spacial score (nSPS) is 25.1. The van der Waals surface area contributed by atoms with Gasteiger partial charge < -0.3 is 29.2 Å². The van der Waals surface area contributed by atoms with Crippen LogP contribution in [0.25, 0.3) is 0 Å². The summed E-state index contributed by atoms with van der Waals surface area (Å²) >= 11 is 0. The number of aliphatic hydroxyl groups is 2. The lowest BCUT2D eigenvalue weighted by atomic mass is 9.94. The van der Waals surface area contributed by atoms with Crippen molar-refractivity contribution in [3.63, 3.8) is 0 Å². The van der Waals surface area contributed by atoms with Crippen LogP contribution in [-0.4, -0.2) is 41.6 Å². The Morgan fingerprint density at radius 2 is 1.03 bits per heavy atom. The van der Waals surface area contributed by atoms with Crippen molar-refractivity contribution in [1.82, 2.24) is 0 Å². The highest BCUT2D eigenvalue weighted by molar-refractivity contribution is 5.15. The molecular formula is C27H30O6. The first-order valence-corrected chi connectivity index (χ1v) is 11.1. The van der Waals surface area contributed by atoms with E-state index in [2.05, 4.69) is 0 Å². The van der Waals surface area contributed by atoms with Crippen molar-refractivity contribution >= 4 is 0 Å². The Balaban J connectivity index is 1.46. The quantitative estimate of drug-likeness (QED) is 0.491. The first-order chi connectivity index (χ1) is 16.2. The molecule has 0 aromatic heterocycles. The lowest BCUT2D eigenvalue weighted by Crippen LogP contribution is -2.57. The van der Waals surface area contributed by atoms with E-state index in [1.54, 1.807) is 0 Å². The standard InChI is InChI=1S/C27H30O6/c28-26-23(19-30-16-20-10-4-1-5-11-20)24(31-17-21-12-6-2-7-13-21)25(27(29)33-26)32-18-22-14-8-3-9-15-22/h1-15,23-29H,16-19H2. The lowest BCUT2D eigenvalue weighted by Gasteiger charge is -2.42. The van der Waals surface area contributed by atoms with Crippen LogP contribution in [0.15, 0.2) is 91.0 Å². The van der Waals surface area contributed by atoms with Crippen LogP contribution >= 0.6 is 0 Å². The summed E-state index contributed by atoms with van der Waals surface area (Å²) in [4.78, 5) is 0. The second kappa shape index (κ2) is 12.0. The zero-order valence-electron chi connectivity index (χ0n) is 18.4. The maximum absolute atomic E-state index is 10.6. The van der Waals surface area contributed by atoms with Crippen LogP contribution in [0.4, 0.5) is 0 Å². The Morgan fingerprint density at radius 3 is 1.55 bits per heavy atom. The van der Waals surface area contributed by atoms with E-state index in [4.69, 9.17) is 18.9 Å². The van der Waals surface area contributed by atoms with Gasteiger partial charge in [-0.3, -0.25) is 0 Å². The fourth-order valence-corrected chi connectivity index (χ4v) is 3.88. The van der Waals surface area contributed by atoms with Gasteiger partial charge in [-0.15, -0.1) is 0 Å². The Bertz CT molecular complexity index is 937. The van der Waals surface area contributed by atoms with Crippen LogP contribution in [0.2, 0.25) is 0 Å². The molecule has 0 amide bonds. The lowest BCUT2D eigenvalue weighted by molar-refractivity contribution is -0.338. The van der Waals surface area contributed by atoms with Crippen molar-refractivity contribution in [3.05, 3.63) is 108 Å². The van der Waals surface area contributed by atoms with Gasteiger partial charge in [-0.1, -0.05) is 91.0 Å². The average molecular weight is 451 g/mol. The van der Waals surface area contributed by atoms with E-state index < -0.39 is 30.7 Å². The molecule has 3 aromatic carbocycles. The van der Waals surface area contributed by atoms with Crippen LogP contribution in [0.3, 0.4) is 0 Å². The van der Waals surface area contributed by atoms with Gasteiger partial charge in [0.2, 0.25) is 0 Å². The first kappa shape index (κ1) is 23.6. The zero-order valence-corrected chi connectivity index (χ0v) is 18.4. The van der Waals surface area contributed by atoms with Crippen molar-refractivity contribution in [1.29, 1.82) is 0 Å². The maximum atomic E-state index is 10.6. The third-order valence-corrected chi connectivity index (χ3v) is 5.66. The second-order valence-electron chi connectivity index (χ2n) is 8.10.